The number of halogens is 1. The van der Waals surface area contributed by atoms with E-state index in [1.54, 1.807) is 0 Å². The van der Waals surface area contributed by atoms with Crippen LogP contribution in [0, 0.1) is 17.5 Å². The van der Waals surface area contributed by atoms with E-state index in [1.807, 2.05) is 42.5 Å². The molecule has 0 spiro atoms. The molecule has 1 N–H and O–H groups in total. The minimum atomic E-state index is -1.01. The average Bonchev–Trinajstić information content (AvgIpc) is 2.58. The summed E-state index contributed by atoms with van der Waals surface area (Å²) >= 11 is 1.92. The summed E-state index contributed by atoms with van der Waals surface area (Å²) in [6, 6.07) is 1.85. The lowest BCUT2D eigenvalue weighted by atomic mass is 10.3. The molecular formula is C10H9IN4O2. The Kier molecular flexibility index (Phi) is 3.09. The van der Waals surface area contributed by atoms with Gasteiger partial charge >= 0.3 is 5.97 Å². The van der Waals surface area contributed by atoms with Crippen molar-refractivity contribution in [2.24, 2.45) is 0 Å². The molecule has 0 atom stereocenters. The van der Waals surface area contributed by atoms with Crippen molar-refractivity contribution >= 4 is 28.6 Å². The lowest BCUT2D eigenvalue weighted by Crippen LogP contribution is -2.08. The van der Waals surface area contributed by atoms with Gasteiger partial charge in [-0.15, -0.1) is 0 Å². The fourth-order valence-corrected chi connectivity index (χ4v) is 2.13. The predicted molar refractivity (Wildman–Crippen MR) is 68.3 cm³/mol. The number of carbonyl (C=O) groups is 1. The number of carboxylic acid groups (broad SMARTS) is 1. The van der Waals surface area contributed by atoms with E-state index in [-0.39, 0.29) is 5.56 Å². The van der Waals surface area contributed by atoms with Gasteiger partial charge in [0.15, 0.2) is 0 Å². The van der Waals surface area contributed by atoms with Crippen LogP contribution in [0.15, 0.2) is 12.3 Å². The van der Waals surface area contributed by atoms with Crippen LogP contribution < -0.4 is 0 Å². The molecule has 17 heavy (non-hydrogen) atoms. The van der Waals surface area contributed by atoms with E-state index in [1.165, 1.54) is 10.9 Å². The molecule has 7 heteroatoms. The lowest BCUT2D eigenvalue weighted by molar-refractivity contribution is 0.0695. The quantitative estimate of drug-likeness (QED) is 0.837. The van der Waals surface area contributed by atoms with Gasteiger partial charge in [0.2, 0.25) is 0 Å². The summed E-state index contributed by atoms with van der Waals surface area (Å²) in [7, 11) is 0. The zero-order chi connectivity index (χ0) is 12.6. The summed E-state index contributed by atoms with van der Waals surface area (Å²) in [5, 5.41) is 12.9. The van der Waals surface area contributed by atoms with Crippen LogP contribution in [0.2, 0.25) is 0 Å². The summed E-state index contributed by atoms with van der Waals surface area (Å²) < 4.78 is 1.91. The van der Waals surface area contributed by atoms with Gasteiger partial charge in [-0.05, 0) is 42.5 Å². The molecule has 0 aromatic carbocycles. The number of aromatic carboxylic acids is 1. The molecule has 2 aromatic heterocycles. The largest absolute Gasteiger partial charge is 0.478 e. The van der Waals surface area contributed by atoms with E-state index in [4.69, 9.17) is 5.11 Å². The summed E-state index contributed by atoms with van der Waals surface area (Å²) in [6.45, 7) is 3.71. The van der Waals surface area contributed by atoms with Gasteiger partial charge in [0.25, 0.3) is 5.95 Å². The molecule has 0 amide bonds. The summed E-state index contributed by atoms with van der Waals surface area (Å²) in [5.74, 6) is -0.621. The summed E-state index contributed by atoms with van der Waals surface area (Å²) in [6.07, 6.45) is 1.30. The van der Waals surface area contributed by atoms with Gasteiger partial charge in [0.05, 0.1) is 6.20 Å². The Bertz CT molecular complexity index is 574. The van der Waals surface area contributed by atoms with Crippen molar-refractivity contribution in [2.75, 3.05) is 0 Å². The second kappa shape index (κ2) is 4.40. The maximum Gasteiger partial charge on any atom is 0.340 e. The Labute approximate surface area is 111 Å². The van der Waals surface area contributed by atoms with Crippen LogP contribution in [0.5, 0.6) is 0 Å². The Morgan fingerprint density at radius 3 is 2.41 bits per heavy atom. The number of hydrogen-bond acceptors (Lipinski definition) is 4. The summed E-state index contributed by atoms with van der Waals surface area (Å²) in [4.78, 5) is 19.4. The van der Waals surface area contributed by atoms with Crippen molar-refractivity contribution in [1.82, 2.24) is 19.7 Å². The molecule has 0 aliphatic heterocycles. The number of nitrogens with zero attached hydrogens (tertiary/aromatic N) is 4. The first-order valence-corrected chi connectivity index (χ1v) is 5.86. The highest BCUT2D eigenvalue weighted by molar-refractivity contribution is 14.1. The molecule has 2 aromatic rings. The molecule has 6 nitrogen and oxygen atoms in total. The third-order valence-corrected chi connectivity index (χ3v) is 3.14. The fraction of sp³-hybridized carbons (Fsp3) is 0.200. The van der Waals surface area contributed by atoms with Crippen LogP contribution in [-0.4, -0.2) is 30.8 Å². The van der Waals surface area contributed by atoms with Crippen LogP contribution >= 0.6 is 22.6 Å². The second-order valence-electron chi connectivity index (χ2n) is 3.52. The Morgan fingerprint density at radius 1 is 1.35 bits per heavy atom. The predicted octanol–water partition coefficient (Wildman–Crippen LogP) is 1.58. The lowest BCUT2D eigenvalue weighted by Gasteiger charge is -2.03. The minimum absolute atomic E-state index is 0.147. The van der Waals surface area contributed by atoms with Crippen molar-refractivity contribution in [3.05, 3.63) is 32.9 Å². The zero-order valence-corrected chi connectivity index (χ0v) is 11.3. The SMILES string of the molecule is Cc1cc(C)nc(-n2ncc(C(=O)O)c2I)n1. The van der Waals surface area contributed by atoms with E-state index < -0.39 is 5.97 Å². The first kappa shape index (κ1) is 12.0. The van der Waals surface area contributed by atoms with Crippen LogP contribution in [0.25, 0.3) is 5.95 Å². The highest BCUT2D eigenvalue weighted by Gasteiger charge is 2.16. The molecule has 0 aliphatic carbocycles. The molecule has 0 saturated heterocycles. The van der Waals surface area contributed by atoms with E-state index in [0.717, 1.165) is 11.4 Å². The van der Waals surface area contributed by atoms with E-state index >= 15 is 0 Å². The van der Waals surface area contributed by atoms with Gasteiger partial charge in [-0.1, -0.05) is 0 Å². The van der Waals surface area contributed by atoms with E-state index in [0.29, 0.717) is 9.65 Å². The highest BCUT2D eigenvalue weighted by atomic mass is 127. The van der Waals surface area contributed by atoms with Crippen molar-refractivity contribution in [1.29, 1.82) is 0 Å². The molecule has 88 valence electrons. The van der Waals surface area contributed by atoms with Gasteiger partial charge in [0, 0.05) is 11.4 Å². The Balaban J connectivity index is 2.57. The molecule has 0 saturated carbocycles. The number of carboxylic acids is 1. The van der Waals surface area contributed by atoms with Gasteiger partial charge in [-0.25, -0.2) is 14.8 Å². The monoisotopic (exact) mass is 344 g/mol. The van der Waals surface area contributed by atoms with Crippen LogP contribution in [0.3, 0.4) is 0 Å². The molecule has 0 bridgehead atoms. The van der Waals surface area contributed by atoms with Crippen LogP contribution in [-0.2, 0) is 0 Å². The fourth-order valence-electron chi connectivity index (χ4n) is 1.42. The van der Waals surface area contributed by atoms with Crippen molar-refractivity contribution in [3.63, 3.8) is 0 Å². The molecule has 0 radical (unpaired) electrons. The first-order chi connectivity index (χ1) is 7.99. The molecule has 0 fully saturated rings. The maximum absolute atomic E-state index is 10.9. The van der Waals surface area contributed by atoms with Crippen LogP contribution in [0.4, 0.5) is 0 Å². The topological polar surface area (TPSA) is 80.9 Å². The van der Waals surface area contributed by atoms with Crippen molar-refractivity contribution in [2.45, 2.75) is 13.8 Å². The van der Waals surface area contributed by atoms with Gasteiger partial charge in [-0.3, -0.25) is 0 Å². The van der Waals surface area contributed by atoms with Crippen molar-refractivity contribution < 1.29 is 9.90 Å². The zero-order valence-electron chi connectivity index (χ0n) is 9.18. The first-order valence-electron chi connectivity index (χ1n) is 4.78. The Hall–Kier alpha value is -1.51. The van der Waals surface area contributed by atoms with E-state index in [9.17, 15) is 4.79 Å². The minimum Gasteiger partial charge on any atom is -0.478 e. The second-order valence-corrected chi connectivity index (χ2v) is 4.54. The third-order valence-electron chi connectivity index (χ3n) is 2.10. The maximum atomic E-state index is 10.9. The average molecular weight is 344 g/mol. The van der Waals surface area contributed by atoms with Crippen LogP contribution in [0.1, 0.15) is 21.7 Å². The molecular weight excluding hydrogens is 335 g/mol. The van der Waals surface area contributed by atoms with Crippen molar-refractivity contribution in [3.8, 4) is 5.95 Å². The number of rotatable bonds is 2. The third kappa shape index (κ3) is 2.28. The molecule has 2 heterocycles. The molecule has 2 rings (SSSR count). The number of hydrogen-bond donors (Lipinski definition) is 1. The molecule has 0 aliphatic rings. The Morgan fingerprint density at radius 2 is 1.94 bits per heavy atom. The number of aromatic nitrogens is 4. The highest BCUT2D eigenvalue weighted by Crippen LogP contribution is 2.15. The normalized spacial score (nSPS) is 10.5. The molecule has 0 unspecified atom stereocenters. The standard InChI is InChI=1S/C10H9IN4O2/c1-5-3-6(2)14-10(13-5)15-8(11)7(4-12-15)9(16)17/h3-4H,1-2H3,(H,16,17). The van der Waals surface area contributed by atoms with E-state index in [2.05, 4.69) is 15.1 Å². The van der Waals surface area contributed by atoms with Gasteiger partial charge in [-0.2, -0.15) is 9.78 Å². The smallest absolute Gasteiger partial charge is 0.340 e. The van der Waals surface area contributed by atoms with Gasteiger partial charge < -0.3 is 5.11 Å². The van der Waals surface area contributed by atoms with Gasteiger partial charge in [0.1, 0.15) is 9.26 Å². The number of aryl methyl sites for hydroxylation is 2. The summed E-state index contributed by atoms with van der Waals surface area (Å²) in [5.41, 5.74) is 1.78.